The lowest BCUT2D eigenvalue weighted by Crippen LogP contribution is -1.80. The van der Waals surface area contributed by atoms with E-state index in [9.17, 15) is 0 Å². The summed E-state index contributed by atoms with van der Waals surface area (Å²) >= 11 is 0. The van der Waals surface area contributed by atoms with Crippen LogP contribution in [0.25, 0.3) is 0 Å². The summed E-state index contributed by atoms with van der Waals surface area (Å²) in [5, 5.41) is 16.4. The summed E-state index contributed by atoms with van der Waals surface area (Å²) in [6.45, 7) is 1.08. The molecule has 4 heteroatoms. The fourth-order valence-electron chi connectivity index (χ4n) is 0.630. The van der Waals surface area contributed by atoms with Crippen molar-refractivity contribution in [3.8, 4) is 11.5 Å². The predicted molar refractivity (Wildman–Crippen MR) is 48.0 cm³/mol. The number of aliphatic carboxylic acids is 1. The molecule has 0 aromatic heterocycles. The smallest absolute Gasteiger partial charge is 0.300 e. The molecule has 0 amide bonds. The minimum Gasteiger partial charge on any atom is -0.504 e. The van der Waals surface area contributed by atoms with Gasteiger partial charge in [-0.1, -0.05) is 12.1 Å². The first kappa shape index (κ1) is 11.3. The summed E-state index contributed by atoms with van der Waals surface area (Å²) in [4.78, 5) is 9.00. The lowest BCUT2D eigenvalue weighted by atomic mass is 10.3. The summed E-state index contributed by atoms with van der Waals surface area (Å²) in [7, 11) is 1.52. The van der Waals surface area contributed by atoms with Gasteiger partial charge in [-0.05, 0) is 12.1 Å². The molecule has 1 aromatic rings. The van der Waals surface area contributed by atoms with Gasteiger partial charge in [-0.2, -0.15) is 0 Å². The Labute approximate surface area is 76.4 Å². The molecule has 2 N–H and O–H groups in total. The van der Waals surface area contributed by atoms with Crippen LogP contribution >= 0.6 is 0 Å². The molecule has 0 saturated heterocycles. The van der Waals surface area contributed by atoms with Crippen LogP contribution < -0.4 is 4.74 Å². The number of carboxylic acid groups (broad SMARTS) is 1. The topological polar surface area (TPSA) is 66.8 Å². The lowest BCUT2D eigenvalue weighted by Gasteiger charge is -1.99. The van der Waals surface area contributed by atoms with Crippen molar-refractivity contribution in [1.82, 2.24) is 0 Å². The maximum absolute atomic E-state index is 9.00. The maximum atomic E-state index is 9.00. The molecule has 4 nitrogen and oxygen atoms in total. The predicted octanol–water partition coefficient (Wildman–Crippen LogP) is 1.49. The van der Waals surface area contributed by atoms with Crippen molar-refractivity contribution in [2.75, 3.05) is 7.11 Å². The number of methoxy groups -OCH3 is 1. The zero-order valence-electron chi connectivity index (χ0n) is 7.52. The summed E-state index contributed by atoms with van der Waals surface area (Å²) in [6, 6.07) is 6.84. The Morgan fingerprint density at radius 3 is 2.15 bits per heavy atom. The van der Waals surface area contributed by atoms with E-state index in [2.05, 4.69) is 0 Å². The molecular formula is C9H12O4. The number of para-hydroxylation sites is 2. The summed E-state index contributed by atoms with van der Waals surface area (Å²) < 4.78 is 4.79. The molecule has 1 rings (SSSR count). The highest BCUT2D eigenvalue weighted by Crippen LogP contribution is 2.22. The van der Waals surface area contributed by atoms with E-state index in [4.69, 9.17) is 19.7 Å². The van der Waals surface area contributed by atoms with Crippen LogP contribution in [0.2, 0.25) is 0 Å². The molecule has 0 radical (unpaired) electrons. The minimum atomic E-state index is -0.833. The van der Waals surface area contributed by atoms with Crippen LogP contribution in [0.4, 0.5) is 0 Å². The van der Waals surface area contributed by atoms with E-state index in [1.54, 1.807) is 24.3 Å². The van der Waals surface area contributed by atoms with Crippen molar-refractivity contribution in [2.45, 2.75) is 6.92 Å². The van der Waals surface area contributed by atoms with Gasteiger partial charge in [-0.3, -0.25) is 4.79 Å². The largest absolute Gasteiger partial charge is 0.504 e. The molecule has 13 heavy (non-hydrogen) atoms. The van der Waals surface area contributed by atoms with E-state index in [0.717, 1.165) is 6.92 Å². The Kier molecular flexibility index (Phi) is 5.11. The quantitative estimate of drug-likeness (QED) is 0.693. The van der Waals surface area contributed by atoms with Gasteiger partial charge >= 0.3 is 0 Å². The minimum absolute atomic E-state index is 0.181. The number of hydrogen-bond donors (Lipinski definition) is 2. The van der Waals surface area contributed by atoms with Gasteiger partial charge in [0.1, 0.15) is 0 Å². The molecule has 0 spiro atoms. The van der Waals surface area contributed by atoms with E-state index < -0.39 is 5.97 Å². The Hall–Kier alpha value is -1.71. The van der Waals surface area contributed by atoms with Gasteiger partial charge in [-0.25, -0.2) is 0 Å². The number of phenols is 1. The molecule has 0 aliphatic heterocycles. The van der Waals surface area contributed by atoms with E-state index in [0.29, 0.717) is 5.75 Å². The molecular weight excluding hydrogens is 172 g/mol. The highest BCUT2D eigenvalue weighted by atomic mass is 16.5. The Balaban J connectivity index is 0.000000310. The fraction of sp³-hybridized carbons (Fsp3) is 0.222. The SMILES string of the molecule is CC(=O)O.COc1ccccc1O. The Morgan fingerprint density at radius 2 is 1.85 bits per heavy atom. The standard InChI is InChI=1S/C7H8O2.C2H4O2/c1-9-7-5-3-2-4-6(7)8;1-2(3)4/h2-5,8H,1H3;1H3,(H,3,4). The van der Waals surface area contributed by atoms with Crippen LogP contribution in [0.3, 0.4) is 0 Å². The first-order valence-corrected chi connectivity index (χ1v) is 3.59. The summed E-state index contributed by atoms with van der Waals surface area (Å²) in [5.74, 6) is -0.141. The van der Waals surface area contributed by atoms with Gasteiger partial charge in [0.05, 0.1) is 7.11 Å². The van der Waals surface area contributed by atoms with Crippen molar-refractivity contribution < 1.29 is 19.7 Å². The zero-order valence-corrected chi connectivity index (χ0v) is 7.52. The van der Waals surface area contributed by atoms with Gasteiger partial charge in [-0.15, -0.1) is 0 Å². The van der Waals surface area contributed by atoms with Crippen LogP contribution in [0.15, 0.2) is 24.3 Å². The molecule has 72 valence electrons. The highest BCUT2D eigenvalue weighted by molar-refractivity contribution is 5.62. The first-order valence-electron chi connectivity index (χ1n) is 3.59. The van der Waals surface area contributed by atoms with Crippen molar-refractivity contribution in [3.05, 3.63) is 24.3 Å². The number of hydrogen-bond acceptors (Lipinski definition) is 3. The molecule has 0 bridgehead atoms. The van der Waals surface area contributed by atoms with E-state index >= 15 is 0 Å². The third-order valence-electron chi connectivity index (χ3n) is 1.09. The van der Waals surface area contributed by atoms with Crippen molar-refractivity contribution in [3.63, 3.8) is 0 Å². The van der Waals surface area contributed by atoms with Crippen LogP contribution in [-0.2, 0) is 4.79 Å². The molecule has 0 saturated carbocycles. The molecule has 1 aromatic carbocycles. The number of phenolic OH excluding ortho intramolecular Hbond substituents is 1. The van der Waals surface area contributed by atoms with Crippen molar-refractivity contribution in [1.29, 1.82) is 0 Å². The normalized spacial score (nSPS) is 8.15. The number of rotatable bonds is 1. The van der Waals surface area contributed by atoms with Crippen LogP contribution in [0, 0.1) is 0 Å². The first-order chi connectivity index (χ1) is 6.07. The zero-order chi connectivity index (χ0) is 10.3. The second kappa shape index (κ2) is 5.88. The third-order valence-corrected chi connectivity index (χ3v) is 1.09. The number of carboxylic acids is 1. The van der Waals surface area contributed by atoms with E-state index in [-0.39, 0.29) is 5.75 Å². The Bertz CT molecular complexity index is 266. The van der Waals surface area contributed by atoms with Crippen molar-refractivity contribution >= 4 is 5.97 Å². The molecule has 0 atom stereocenters. The number of benzene rings is 1. The van der Waals surface area contributed by atoms with Gasteiger partial charge in [0.2, 0.25) is 0 Å². The second-order valence-electron chi connectivity index (χ2n) is 2.19. The molecule has 0 unspecified atom stereocenters. The highest BCUT2D eigenvalue weighted by Gasteiger charge is 1.94. The maximum Gasteiger partial charge on any atom is 0.300 e. The lowest BCUT2D eigenvalue weighted by molar-refractivity contribution is -0.134. The van der Waals surface area contributed by atoms with Gasteiger partial charge in [0.25, 0.3) is 5.97 Å². The summed E-state index contributed by atoms with van der Waals surface area (Å²) in [5.41, 5.74) is 0. The van der Waals surface area contributed by atoms with Crippen LogP contribution in [-0.4, -0.2) is 23.3 Å². The van der Waals surface area contributed by atoms with E-state index in [1.165, 1.54) is 7.11 Å². The second-order valence-corrected chi connectivity index (χ2v) is 2.19. The fourth-order valence-corrected chi connectivity index (χ4v) is 0.630. The van der Waals surface area contributed by atoms with Gasteiger partial charge in [0.15, 0.2) is 11.5 Å². The van der Waals surface area contributed by atoms with Crippen LogP contribution in [0.5, 0.6) is 11.5 Å². The molecule has 0 fully saturated rings. The number of carbonyl (C=O) groups is 1. The van der Waals surface area contributed by atoms with Gasteiger partial charge < -0.3 is 14.9 Å². The van der Waals surface area contributed by atoms with Crippen molar-refractivity contribution in [2.24, 2.45) is 0 Å². The average molecular weight is 184 g/mol. The van der Waals surface area contributed by atoms with E-state index in [1.807, 2.05) is 0 Å². The third kappa shape index (κ3) is 5.55. The molecule has 0 aliphatic rings. The monoisotopic (exact) mass is 184 g/mol. The number of aromatic hydroxyl groups is 1. The average Bonchev–Trinajstić information content (AvgIpc) is 2.04. The van der Waals surface area contributed by atoms with Crippen LogP contribution in [0.1, 0.15) is 6.92 Å². The molecule has 0 heterocycles. The number of ether oxygens (including phenoxy) is 1. The van der Waals surface area contributed by atoms with Gasteiger partial charge in [0, 0.05) is 6.92 Å². The summed E-state index contributed by atoms with van der Waals surface area (Å²) in [6.07, 6.45) is 0. The Morgan fingerprint density at radius 1 is 1.38 bits per heavy atom. The molecule has 0 aliphatic carbocycles.